The Kier molecular flexibility index (Phi) is 5.86. The van der Waals surface area contributed by atoms with Crippen LogP contribution in [-0.2, 0) is 6.54 Å². The minimum Gasteiger partial charge on any atom is -0.310 e. The topological polar surface area (TPSA) is 33.1 Å². The third kappa shape index (κ3) is 2.92. The molecule has 2 heterocycles. The van der Waals surface area contributed by atoms with E-state index in [9.17, 15) is 0 Å². The predicted molar refractivity (Wildman–Crippen MR) is 91.5 cm³/mol. The highest BCUT2D eigenvalue weighted by molar-refractivity contribution is 9.10. The maximum atomic E-state index is 4.52. The first-order valence-electron chi connectivity index (χ1n) is 8.28. The van der Waals surface area contributed by atoms with E-state index < -0.39 is 0 Å². The van der Waals surface area contributed by atoms with Gasteiger partial charge in [-0.2, -0.15) is 5.10 Å². The molecule has 1 saturated heterocycles. The number of rotatable bonds is 7. The number of aryl methyl sites for hydroxylation is 1. The van der Waals surface area contributed by atoms with Gasteiger partial charge in [-0.05, 0) is 68.7 Å². The molecule has 0 amide bonds. The van der Waals surface area contributed by atoms with E-state index >= 15 is 0 Å². The minimum absolute atomic E-state index is 0.167. The summed E-state index contributed by atoms with van der Waals surface area (Å²) < 4.78 is 3.25. The van der Waals surface area contributed by atoms with Gasteiger partial charge >= 0.3 is 0 Å². The van der Waals surface area contributed by atoms with Crippen molar-refractivity contribution in [2.75, 3.05) is 20.1 Å². The highest BCUT2D eigenvalue weighted by atomic mass is 79.9. The average Bonchev–Trinajstić information content (AvgIpc) is 3.15. The number of hydrogen-bond donors (Lipinski definition) is 1. The molecule has 1 unspecified atom stereocenters. The molecule has 1 N–H and O–H groups in total. The van der Waals surface area contributed by atoms with E-state index in [1.54, 1.807) is 0 Å². The van der Waals surface area contributed by atoms with Gasteiger partial charge in [0.05, 0.1) is 22.4 Å². The molecule has 1 aromatic heterocycles. The second kappa shape index (κ2) is 7.25. The summed E-state index contributed by atoms with van der Waals surface area (Å²) in [5.41, 5.74) is 1.45. The first kappa shape index (κ1) is 17.0. The van der Waals surface area contributed by atoms with Gasteiger partial charge in [0.25, 0.3) is 0 Å². The summed E-state index contributed by atoms with van der Waals surface area (Å²) in [5, 5.41) is 8.13. The molecule has 1 aromatic rings. The van der Waals surface area contributed by atoms with Gasteiger partial charge < -0.3 is 5.32 Å². The van der Waals surface area contributed by atoms with Gasteiger partial charge in [0.1, 0.15) is 0 Å². The summed E-state index contributed by atoms with van der Waals surface area (Å²) in [6.45, 7) is 10.2. The predicted octanol–water partition coefficient (Wildman–Crippen LogP) is 3.58. The van der Waals surface area contributed by atoms with E-state index in [2.05, 4.69) is 63.7 Å². The Morgan fingerprint density at radius 2 is 1.90 bits per heavy atom. The summed E-state index contributed by atoms with van der Waals surface area (Å²) in [6.07, 6.45) is 6.88. The van der Waals surface area contributed by atoms with Gasteiger partial charge in [-0.25, -0.2) is 0 Å². The van der Waals surface area contributed by atoms with Crippen molar-refractivity contribution in [1.82, 2.24) is 20.0 Å². The van der Waals surface area contributed by atoms with Gasteiger partial charge in [0.15, 0.2) is 0 Å². The molecule has 0 radical (unpaired) electrons. The van der Waals surface area contributed by atoms with E-state index in [1.165, 1.54) is 31.6 Å². The molecule has 120 valence electrons. The molecular formula is C16H29BrN4. The molecule has 1 aliphatic rings. The largest absolute Gasteiger partial charge is 0.310 e. The Bertz CT molecular complexity index is 447. The van der Waals surface area contributed by atoms with Crippen molar-refractivity contribution in [2.45, 2.75) is 64.6 Å². The molecule has 2 rings (SSSR count). The van der Waals surface area contributed by atoms with Crippen LogP contribution in [0.3, 0.4) is 0 Å². The molecule has 5 heteroatoms. The monoisotopic (exact) mass is 356 g/mol. The Labute approximate surface area is 137 Å². The molecule has 4 nitrogen and oxygen atoms in total. The van der Waals surface area contributed by atoms with E-state index in [1.807, 2.05) is 6.20 Å². The normalized spacial score (nSPS) is 18.3. The second-order valence-electron chi connectivity index (χ2n) is 5.92. The zero-order valence-corrected chi connectivity index (χ0v) is 15.4. The van der Waals surface area contributed by atoms with Gasteiger partial charge in [-0.15, -0.1) is 0 Å². The lowest BCUT2D eigenvalue weighted by Gasteiger charge is -2.47. The van der Waals surface area contributed by atoms with Crippen LogP contribution in [0.15, 0.2) is 10.7 Å². The van der Waals surface area contributed by atoms with Crippen molar-refractivity contribution in [3.8, 4) is 0 Å². The van der Waals surface area contributed by atoms with Crippen molar-refractivity contribution < 1.29 is 0 Å². The van der Waals surface area contributed by atoms with Crippen LogP contribution < -0.4 is 5.32 Å². The van der Waals surface area contributed by atoms with E-state index in [0.29, 0.717) is 6.04 Å². The highest BCUT2D eigenvalue weighted by Gasteiger charge is 2.44. The van der Waals surface area contributed by atoms with Crippen molar-refractivity contribution in [1.29, 1.82) is 0 Å². The number of nitrogens with one attached hydrogen (secondary N) is 1. The fraction of sp³-hybridized carbons (Fsp3) is 0.812. The molecule has 1 aliphatic heterocycles. The lowest BCUT2D eigenvalue weighted by atomic mass is 9.81. The van der Waals surface area contributed by atoms with Crippen molar-refractivity contribution in [3.05, 3.63) is 16.4 Å². The number of likely N-dealkylation sites (tertiary alicyclic amines) is 1. The van der Waals surface area contributed by atoms with Gasteiger partial charge in [0.2, 0.25) is 0 Å². The Balaban J connectivity index is 2.46. The molecule has 0 aliphatic carbocycles. The standard InChI is InChI=1S/C16H29BrN4/c1-5-16(6-2,20-10-8-9-11-20)15(18-4)14-13(17)12-19-21(14)7-3/h12,15,18H,5-11H2,1-4H3. The summed E-state index contributed by atoms with van der Waals surface area (Å²) in [4.78, 5) is 2.70. The van der Waals surface area contributed by atoms with Gasteiger partial charge in [-0.3, -0.25) is 9.58 Å². The molecular weight excluding hydrogens is 328 g/mol. The highest BCUT2D eigenvalue weighted by Crippen LogP contribution is 2.41. The molecule has 0 saturated carbocycles. The number of likely N-dealkylation sites (N-methyl/N-ethyl adjacent to an activating group) is 1. The molecule has 21 heavy (non-hydrogen) atoms. The minimum atomic E-state index is 0.167. The molecule has 1 atom stereocenters. The molecule has 1 fully saturated rings. The van der Waals surface area contributed by atoms with Crippen molar-refractivity contribution >= 4 is 15.9 Å². The Morgan fingerprint density at radius 1 is 1.29 bits per heavy atom. The van der Waals surface area contributed by atoms with Crippen LogP contribution in [0, 0.1) is 0 Å². The van der Waals surface area contributed by atoms with Crippen LogP contribution in [0.25, 0.3) is 0 Å². The quantitative estimate of drug-likeness (QED) is 0.810. The van der Waals surface area contributed by atoms with Crippen LogP contribution in [0.5, 0.6) is 0 Å². The van der Waals surface area contributed by atoms with E-state index in [4.69, 9.17) is 0 Å². The zero-order chi connectivity index (χ0) is 15.5. The Morgan fingerprint density at radius 3 is 2.38 bits per heavy atom. The number of aromatic nitrogens is 2. The zero-order valence-electron chi connectivity index (χ0n) is 13.8. The van der Waals surface area contributed by atoms with Gasteiger partial charge in [-0.1, -0.05) is 13.8 Å². The van der Waals surface area contributed by atoms with Crippen molar-refractivity contribution in [3.63, 3.8) is 0 Å². The first-order valence-corrected chi connectivity index (χ1v) is 9.07. The third-order valence-electron chi connectivity index (χ3n) is 5.19. The van der Waals surface area contributed by atoms with Crippen LogP contribution in [0.2, 0.25) is 0 Å². The van der Waals surface area contributed by atoms with Crippen LogP contribution >= 0.6 is 15.9 Å². The smallest absolute Gasteiger partial charge is 0.0714 e. The van der Waals surface area contributed by atoms with E-state index in [-0.39, 0.29) is 5.54 Å². The average molecular weight is 357 g/mol. The summed E-state index contributed by atoms with van der Waals surface area (Å²) in [7, 11) is 2.08. The summed E-state index contributed by atoms with van der Waals surface area (Å²) in [6, 6.07) is 0.294. The second-order valence-corrected chi connectivity index (χ2v) is 6.77. The summed E-state index contributed by atoms with van der Waals surface area (Å²) in [5.74, 6) is 0. The lowest BCUT2D eigenvalue weighted by Crippen LogP contribution is -2.55. The van der Waals surface area contributed by atoms with Crippen LogP contribution in [0.1, 0.15) is 58.2 Å². The molecule has 0 spiro atoms. The van der Waals surface area contributed by atoms with Crippen LogP contribution in [-0.4, -0.2) is 40.4 Å². The number of halogens is 1. The fourth-order valence-electron chi connectivity index (χ4n) is 4.02. The SMILES string of the molecule is CCn1ncc(Br)c1C(NC)C(CC)(CC)N1CCCC1. The van der Waals surface area contributed by atoms with Gasteiger partial charge in [0, 0.05) is 12.1 Å². The number of nitrogens with zero attached hydrogens (tertiary/aromatic N) is 3. The molecule has 0 bridgehead atoms. The van der Waals surface area contributed by atoms with Crippen LogP contribution in [0.4, 0.5) is 0 Å². The fourth-order valence-corrected chi connectivity index (χ4v) is 4.55. The maximum absolute atomic E-state index is 4.52. The molecule has 0 aromatic carbocycles. The third-order valence-corrected chi connectivity index (χ3v) is 5.80. The Hall–Kier alpha value is -0.390. The van der Waals surface area contributed by atoms with E-state index in [0.717, 1.165) is 23.9 Å². The van der Waals surface area contributed by atoms with Crippen molar-refractivity contribution in [2.24, 2.45) is 0 Å². The summed E-state index contributed by atoms with van der Waals surface area (Å²) >= 11 is 3.72. The number of hydrogen-bond acceptors (Lipinski definition) is 3. The first-order chi connectivity index (χ1) is 10.1. The maximum Gasteiger partial charge on any atom is 0.0714 e. The lowest BCUT2D eigenvalue weighted by molar-refractivity contribution is 0.0610.